The quantitative estimate of drug-likeness (QED) is 0.764. The monoisotopic (exact) mass is 273 g/mol. The molecule has 1 saturated carbocycles. The summed E-state index contributed by atoms with van der Waals surface area (Å²) in [4.78, 5) is 0. The first-order valence-corrected chi connectivity index (χ1v) is 8.33. The number of benzene rings is 1. The Labute approximate surface area is 125 Å². The summed E-state index contributed by atoms with van der Waals surface area (Å²) in [5.41, 5.74) is 1.98. The minimum absolute atomic E-state index is 0.523. The van der Waals surface area contributed by atoms with Gasteiger partial charge in [0.25, 0.3) is 0 Å². The van der Waals surface area contributed by atoms with Crippen LogP contribution in [0.5, 0.6) is 0 Å². The standard InChI is InChI=1S/C19H31N/c1-5-9-18(16-10-7-6-8-11-16)20-17-12-13-19(3,4)14-15(17)2/h6-8,10-11,15,17-18,20H,5,9,12-14H2,1-4H3. The molecule has 0 aliphatic heterocycles. The van der Waals surface area contributed by atoms with Crippen LogP contribution in [0.1, 0.15) is 71.4 Å². The van der Waals surface area contributed by atoms with Gasteiger partial charge >= 0.3 is 0 Å². The Balaban J connectivity index is 2.02. The van der Waals surface area contributed by atoms with E-state index in [1.54, 1.807) is 0 Å². The molecule has 1 aliphatic rings. The van der Waals surface area contributed by atoms with Crippen molar-refractivity contribution < 1.29 is 0 Å². The predicted molar refractivity (Wildman–Crippen MR) is 87.8 cm³/mol. The fourth-order valence-electron chi connectivity index (χ4n) is 3.77. The number of hydrogen-bond donors (Lipinski definition) is 1. The molecule has 1 fully saturated rings. The van der Waals surface area contributed by atoms with Crippen LogP contribution in [0.4, 0.5) is 0 Å². The Kier molecular flexibility index (Phi) is 5.26. The largest absolute Gasteiger partial charge is 0.307 e. The van der Waals surface area contributed by atoms with Crippen LogP contribution in [0, 0.1) is 11.3 Å². The minimum Gasteiger partial charge on any atom is -0.307 e. The number of nitrogens with one attached hydrogen (secondary N) is 1. The molecule has 1 aliphatic carbocycles. The molecule has 0 radical (unpaired) electrons. The zero-order valence-corrected chi connectivity index (χ0v) is 13.7. The Bertz CT molecular complexity index is 395. The highest BCUT2D eigenvalue weighted by Crippen LogP contribution is 2.39. The summed E-state index contributed by atoms with van der Waals surface area (Å²) in [6, 6.07) is 12.2. The van der Waals surface area contributed by atoms with Gasteiger partial charge in [0.1, 0.15) is 0 Å². The summed E-state index contributed by atoms with van der Waals surface area (Å²) in [6.45, 7) is 9.54. The molecule has 1 N–H and O–H groups in total. The highest BCUT2D eigenvalue weighted by atomic mass is 15.0. The third kappa shape index (κ3) is 4.09. The van der Waals surface area contributed by atoms with Crippen molar-refractivity contribution in [2.75, 3.05) is 0 Å². The first kappa shape index (κ1) is 15.6. The lowest BCUT2D eigenvalue weighted by molar-refractivity contribution is 0.140. The van der Waals surface area contributed by atoms with Crippen molar-refractivity contribution in [2.45, 2.75) is 71.9 Å². The van der Waals surface area contributed by atoms with Gasteiger partial charge in [-0.2, -0.15) is 0 Å². The van der Waals surface area contributed by atoms with Gasteiger partial charge in [-0.3, -0.25) is 0 Å². The Morgan fingerprint density at radius 1 is 1.25 bits per heavy atom. The lowest BCUT2D eigenvalue weighted by Gasteiger charge is -2.41. The third-order valence-electron chi connectivity index (χ3n) is 4.89. The zero-order valence-electron chi connectivity index (χ0n) is 13.7. The zero-order chi connectivity index (χ0) is 14.6. The van der Waals surface area contributed by atoms with Crippen molar-refractivity contribution in [1.82, 2.24) is 5.32 Å². The van der Waals surface area contributed by atoms with E-state index in [4.69, 9.17) is 0 Å². The summed E-state index contributed by atoms with van der Waals surface area (Å²) in [6.07, 6.45) is 6.48. The van der Waals surface area contributed by atoms with Crippen LogP contribution in [0.15, 0.2) is 30.3 Å². The maximum absolute atomic E-state index is 3.96. The molecule has 0 aromatic heterocycles. The fraction of sp³-hybridized carbons (Fsp3) is 0.684. The predicted octanol–water partition coefficient (Wildman–Crippen LogP) is 5.33. The van der Waals surface area contributed by atoms with Crippen LogP contribution < -0.4 is 5.32 Å². The summed E-state index contributed by atoms with van der Waals surface area (Å²) < 4.78 is 0. The summed E-state index contributed by atoms with van der Waals surface area (Å²) >= 11 is 0. The van der Waals surface area contributed by atoms with Gasteiger partial charge in [0.15, 0.2) is 0 Å². The maximum Gasteiger partial charge on any atom is 0.0322 e. The smallest absolute Gasteiger partial charge is 0.0322 e. The van der Waals surface area contributed by atoms with Gasteiger partial charge in [0.05, 0.1) is 0 Å². The van der Waals surface area contributed by atoms with Crippen molar-refractivity contribution >= 4 is 0 Å². The van der Waals surface area contributed by atoms with Gasteiger partial charge in [-0.05, 0) is 42.6 Å². The van der Waals surface area contributed by atoms with Crippen molar-refractivity contribution in [3.05, 3.63) is 35.9 Å². The van der Waals surface area contributed by atoms with Gasteiger partial charge in [-0.1, -0.05) is 64.4 Å². The molecule has 0 bridgehead atoms. The molecule has 3 unspecified atom stereocenters. The van der Waals surface area contributed by atoms with E-state index in [2.05, 4.69) is 63.3 Å². The fourth-order valence-corrected chi connectivity index (χ4v) is 3.77. The number of hydrogen-bond acceptors (Lipinski definition) is 1. The van der Waals surface area contributed by atoms with Crippen LogP contribution in [0.3, 0.4) is 0 Å². The van der Waals surface area contributed by atoms with Crippen molar-refractivity contribution in [1.29, 1.82) is 0 Å². The molecular weight excluding hydrogens is 242 g/mol. The van der Waals surface area contributed by atoms with Crippen LogP contribution >= 0.6 is 0 Å². The molecule has 0 heterocycles. The molecule has 1 aromatic carbocycles. The summed E-state index contributed by atoms with van der Waals surface area (Å²) in [5, 5.41) is 3.96. The Morgan fingerprint density at radius 3 is 2.55 bits per heavy atom. The van der Waals surface area contributed by atoms with Crippen LogP contribution in [0.2, 0.25) is 0 Å². The second-order valence-electron chi connectivity index (χ2n) is 7.41. The van der Waals surface area contributed by atoms with E-state index in [1.807, 2.05) is 0 Å². The second-order valence-corrected chi connectivity index (χ2v) is 7.41. The van der Waals surface area contributed by atoms with E-state index >= 15 is 0 Å². The maximum atomic E-state index is 3.96. The molecule has 1 aromatic rings. The highest BCUT2D eigenvalue weighted by molar-refractivity contribution is 5.19. The molecule has 1 nitrogen and oxygen atoms in total. The third-order valence-corrected chi connectivity index (χ3v) is 4.89. The van der Waals surface area contributed by atoms with E-state index in [0.717, 1.165) is 5.92 Å². The molecule has 0 amide bonds. The molecule has 112 valence electrons. The van der Waals surface area contributed by atoms with Crippen LogP contribution in [-0.4, -0.2) is 6.04 Å². The summed E-state index contributed by atoms with van der Waals surface area (Å²) in [5.74, 6) is 0.779. The van der Waals surface area contributed by atoms with Gasteiger partial charge < -0.3 is 5.32 Å². The average molecular weight is 273 g/mol. The molecule has 0 spiro atoms. The first-order valence-electron chi connectivity index (χ1n) is 8.33. The summed E-state index contributed by atoms with van der Waals surface area (Å²) in [7, 11) is 0. The molecule has 20 heavy (non-hydrogen) atoms. The van der Waals surface area contributed by atoms with Crippen LogP contribution in [0.25, 0.3) is 0 Å². The van der Waals surface area contributed by atoms with E-state index in [9.17, 15) is 0 Å². The molecule has 2 rings (SSSR count). The van der Waals surface area contributed by atoms with E-state index in [1.165, 1.54) is 37.7 Å². The Hall–Kier alpha value is -0.820. The topological polar surface area (TPSA) is 12.0 Å². The van der Waals surface area contributed by atoms with Gasteiger partial charge in [0.2, 0.25) is 0 Å². The highest BCUT2D eigenvalue weighted by Gasteiger charge is 2.33. The van der Waals surface area contributed by atoms with Crippen molar-refractivity contribution in [3.8, 4) is 0 Å². The average Bonchev–Trinajstić information content (AvgIpc) is 2.41. The Morgan fingerprint density at radius 2 is 1.95 bits per heavy atom. The van der Waals surface area contributed by atoms with Gasteiger partial charge in [0, 0.05) is 12.1 Å². The van der Waals surface area contributed by atoms with E-state index in [0.29, 0.717) is 17.5 Å². The van der Waals surface area contributed by atoms with E-state index < -0.39 is 0 Å². The van der Waals surface area contributed by atoms with Gasteiger partial charge in [-0.25, -0.2) is 0 Å². The first-order chi connectivity index (χ1) is 9.52. The molecular formula is C19H31N. The molecule has 1 heteroatoms. The normalized spacial score (nSPS) is 27.2. The lowest BCUT2D eigenvalue weighted by atomic mass is 9.70. The molecule has 0 saturated heterocycles. The van der Waals surface area contributed by atoms with Crippen molar-refractivity contribution in [3.63, 3.8) is 0 Å². The van der Waals surface area contributed by atoms with Crippen molar-refractivity contribution in [2.24, 2.45) is 11.3 Å². The van der Waals surface area contributed by atoms with Gasteiger partial charge in [-0.15, -0.1) is 0 Å². The van der Waals surface area contributed by atoms with E-state index in [-0.39, 0.29) is 0 Å². The SMILES string of the molecule is CCCC(NC1CCC(C)(C)CC1C)c1ccccc1. The number of rotatable bonds is 5. The van der Waals surface area contributed by atoms with Crippen LogP contribution in [-0.2, 0) is 0 Å². The second kappa shape index (κ2) is 6.76. The lowest BCUT2D eigenvalue weighted by Crippen LogP contribution is -2.43. The minimum atomic E-state index is 0.523. The molecule has 3 atom stereocenters.